The van der Waals surface area contributed by atoms with E-state index in [1.54, 1.807) is 0 Å². The molecule has 0 radical (unpaired) electrons. The Morgan fingerprint density at radius 1 is 1.33 bits per heavy atom. The minimum Gasteiger partial charge on any atom is -0.272 e. The molecule has 0 aliphatic carbocycles. The van der Waals surface area contributed by atoms with Crippen LogP contribution < -0.4 is 5.43 Å². The summed E-state index contributed by atoms with van der Waals surface area (Å²) in [5, 5.41) is 4.18. The maximum Gasteiger partial charge on any atom is 0.113 e. The maximum absolute atomic E-state index is 4.18. The minimum absolute atomic E-state index is 0.493. The fraction of sp³-hybridized carbons (Fsp3) is 0.778. The van der Waals surface area contributed by atoms with Gasteiger partial charge in [0, 0.05) is 12.3 Å². The highest BCUT2D eigenvalue weighted by Gasteiger charge is 1.96. The Hall–Kier alpha value is -0.860. The SMILES string of the molecule is CCN=C(C)N/N=C(/C)C(C)C. The molecular formula is C9H19N3. The first-order valence-electron chi connectivity index (χ1n) is 4.39. The summed E-state index contributed by atoms with van der Waals surface area (Å²) in [5.74, 6) is 1.37. The third-order valence-corrected chi connectivity index (χ3v) is 1.62. The number of hydrogen-bond acceptors (Lipinski definition) is 2. The van der Waals surface area contributed by atoms with E-state index >= 15 is 0 Å². The molecule has 12 heavy (non-hydrogen) atoms. The zero-order valence-corrected chi connectivity index (χ0v) is 8.68. The van der Waals surface area contributed by atoms with Crippen molar-refractivity contribution in [1.82, 2.24) is 5.43 Å². The van der Waals surface area contributed by atoms with Gasteiger partial charge in [-0.3, -0.25) is 10.4 Å². The number of nitrogens with zero attached hydrogens (tertiary/aromatic N) is 2. The predicted octanol–water partition coefficient (Wildman–Crippen LogP) is 2.05. The van der Waals surface area contributed by atoms with Gasteiger partial charge in [0.05, 0.1) is 0 Å². The van der Waals surface area contributed by atoms with Crippen LogP contribution in [0.25, 0.3) is 0 Å². The van der Waals surface area contributed by atoms with Crippen LogP contribution in [-0.2, 0) is 0 Å². The highest BCUT2D eigenvalue weighted by atomic mass is 15.3. The van der Waals surface area contributed by atoms with Gasteiger partial charge in [0.2, 0.25) is 0 Å². The highest BCUT2D eigenvalue weighted by molar-refractivity contribution is 5.86. The molecule has 3 nitrogen and oxygen atoms in total. The van der Waals surface area contributed by atoms with E-state index in [0.717, 1.165) is 18.1 Å². The maximum atomic E-state index is 4.18. The fourth-order valence-electron chi connectivity index (χ4n) is 0.571. The third kappa shape index (κ3) is 4.88. The standard InChI is InChI=1S/C9H19N3/c1-6-10-9(5)12-11-8(4)7(2)3/h7H,6H2,1-5H3,(H,10,12)/b11-8-. The van der Waals surface area contributed by atoms with E-state index in [1.165, 1.54) is 0 Å². The average Bonchev–Trinajstić information content (AvgIpc) is 2.00. The quantitative estimate of drug-likeness (QED) is 0.392. The van der Waals surface area contributed by atoms with Crippen molar-refractivity contribution in [3.05, 3.63) is 0 Å². The van der Waals surface area contributed by atoms with Gasteiger partial charge in [0.25, 0.3) is 0 Å². The second-order valence-electron chi connectivity index (χ2n) is 3.08. The zero-order valence-electron chi connectivity index (χ0n) is 8.68. The van der Waals surface area contributed by atoms with E-state index in [1.807, 2.05) is 20.8 Å². The van der Waals surface area contributed by atoms with Crippen molar-refractivity contribution in [2.24, 2.45) is 16.0 Å². The van der Waals surface area contributed by atoms with Gasteiger partial charge in [0.1, 0.15) is 5.84 Å². The molecule has 0 saturated heterocycles. The molecule has 0 unspecified atom stereocenters. The van der Waals surface area contributed by atoms with Crippen LogP contribution in [0.5, 0.6) is 0 Å². The lowest BCUT2D eigenvalue weighted by Crippen LogP contribution is -2.17. The summed E-state index contributed by atoms with van der Waals surface area (Å²) in [6, 6.07) is 0. The van der Waals surface area contributed by atoms with Crippen molar-refractivity contribution >= 4 is 11.5 Å². The first-order chi connectivity index (χ1) is 5.57. The Labute approximate surface area is 75.0 Å². The highest BCUT2D eigenvalue weighted by Crippen LogP contribution is 1.94. The van der Waals surface area contributed by atoms with E-state index < -0.39 is 0 Å². The van der Waals surface area contributed by atoms with Crippen molar-refractivity contribution in [3.63, 3.8) is 0 Å². The van der Waals surface area contributed by atoms with E-state index in [9.17, 15) is 0 Å². The number of amidine groups is 1. The van der Waals surface area contributed by atoms with Gasteiger partial charge in [-0.1, -0.05) is 13.8 Å². The van der Waals surface area contributed by atoms with Crippen LogP contribution in [0.15, 0.2) is 10.1 Å². The van der Waals surface area contributed by atoms with Gasteiger partial charge >= 0.3 is 0 Å². The number of nitrogens with one attached hydrogen (secondary N) is 1. The van der Waals surface area contributed by atoms with Crippen molar-refractivity contribution < 1.29 is 0 Å². The van der Waals surface area contributed by atoms with Crippen LogP contribution in [0, 0.1) is 5.92 Å². The summed E-state index contributed by atoms with van der Waals surface area (Å²) in [6.07, 6.45) is 0. The van der Waals surface area contributed by atoms with Crippen molar-refractivity contribution in [3.8, 4) is 0 Å². The number of rotatable bonds is 3. The molecule has 0 fully saturated rings. The Balaban J connectivity index is 3.95. The van der Waals surface area contributed by atoms with E-state index in [-0.39, 0.29) is 0 Å². The van der Waals surface area contributed by atoms with Crippen molar-refractivity contribution in [2.45, 2.75) is 34.6 Å². The van der Waals surface area contributed by atoms with Crippen LogP contribution in [0.1, 0.15) is 34.6 Å². The molecule has 0 aromatic heterocycles. The zero-order chi connectivity index (χ0) is 9.56. The van der Waals surface area contributed by atoms with Crippen molar-refractivity contribution in [2.75, 3.05) is 6.54 Å². The molecule has 0 rings (SSSR count). The van der Waals surface area contributed by atoms with Crippen LogP contribution in [-0.4, -0.2) is 18.1 Å². The van der Waals surface area contributed by atoms with Gasteiger partial charge in [-0.2, -0.15) is 5.10 Å². The molecule has 0 bridgehead atoms. The molecule has 0 spiro atoms. The average molecular weight is 169 g/mol. The van der Waals surface area contributed by atoms with Gasteiger partial charge < -0.3 is 0 Å². The van der Waals surface area contributed by atoms with Crippen LogP contribution in [0.4, 0.5) is 0 Å². The van der Waals surface area contributed by atoms with E-state index in [0.29, 0.717) is 5.92 Å². The molecule has 0 aromatic carbocycles. The number of aliphatic imine (C=N–C) groups is 1. The lowest BCUT2D eigenvalue weighted by Gasteiger charge is -2.04. The second kappa shape index (κ2) is 5.75. The lowest BCUT2D eigenvalue weighted by molar-refractivity contribution is 0.850. The lowest BCUT2D eigenvalue weighted by atomic mass is 10.1. The first kappa shape index (κ1) is 11.1. The molecule has 0 aromatic rings. The molecule has 3 heteroatoms. The molecule has 0 atom stereocenters. The number of hydrazone groups is 1. The summed E-state index contributed by atoms with van der Waals surface area (Å²) in [7, 11) is 0. The van der Waals surface area contributed by atoms with E-state index in [4.69, 9.17) is 0 Å². The Kier molecular flexibility index (Phi) is 5.34. The molecule has 1 N–H and O–H groups in total. The first-order valence-corrected chi connectivity index (χ1v) is 4.39. The second-order valence-corrected chi connectivity index (χ2v) is 3.08. The van der Waals surface area contributed by atoms with Gasteiger partial charge in [0.15, 0.2) is 0 Å². The van der Waals surface area contributed by atoms with E-state index in [2.05, 4.69) is 29.4 Å². The van der Waals surface area contributed by atoms with Crippen molar-refractivity contribution in [1.29, 1.82) is 0 Å². The topological polar surface area (TPSA) is 36.8 Å². The largest absolute Gasteiger partial charge is 0.272 e. The van der Waals surface area contributed by atoms with Crippen LogP contribution in [0.2, 0.25) is 0 Å². The molecule has 70 valence electrons. The van der Waals surface area contributed by atoms with Gasteiger partial charge in [-0.25, -0.2) is 0 Å². The molecule has 0 aliphatic heterocycles. The Bertz CT molecular complexity index is 180. The normalized spacial score (nSPS) is 13.8. The molecule has 0 heterocycles. The van der Waals surface area contributed by atoms with Gasteiger partial charge in [-0.05, 0) is 26.7 Å². The molecule has 0 amide bonds. The monoisotopic (exact) mass is 169 g/mol. The minimum atomic E-state index is 0.493. The summed E-state index contributed by atoms with van der Waals surface area (Å²) in [6.45, 7) is 11.0. The Morgan fingerprint density at radius 3 is 2.33 bits per heavy atom. The molecular weight excluding hydrogens is 150 g/mol. The summed E-state index contributed by atoms with van der Waals surface area (Å²) in [5.41, 5.74) is 4.00. The van der Waals surface area contributed by atoms with Crippen LogP contribution in [0.3, 0.4) is 0 Å². The summed E-state index contributed by atoms with van der Waals surface area (Å²) in [4.78, 5) is 4.15. The Morgan fingerprint density at radius 2 is 1.92 bits per heavy atom. The third-order valence-electron chi connectivity index (χ3n) is 1.62. The molecule has 0 aliphatic rings. The molecule has 0 saturated carbocycles. The van der Waals surface area contributed by atoms with Gasteiger partial charge in [-0.15, -0.1) is 0 Å². The summed E-state index contributed by atoms with van der Waals surface area (Å²) < 4.78 is 0. The fourth-order valence-corrected chi connectivity index (χ4v) is 0.571. The summed E-state index contributed by atoms with van der Waals surface area (Å²) >= 11 is 0. The smallest absolute Gasteiger partial charge is 0.113 e. The van der Waals surface area contributed by atoms with Crippen LogP contribution >= 0.6 is 0 Å². The number of hydrogen-bond donors (Lipinski definition) is 1. The predicted molar refractivity (Wildman–Crippen MR) is 54.7 cm³/mol.